The molecule has 2 rings (SSSR count). The number of aryl methyl sites for hydroxylation is 1. The quantitative estimate of drug-likeness (QED) is 0.808. The summed E-state index contributed by atoms with van der Waals surface area (Å²) >= 11 is 0. The van der Waals surface area contributed by atoms with E-state index in [0.29, 0.717) is 5.95 Å². The van der Waals surface area contributed by atoms with Gasteiger partial charge in [0.05, 0.1) is 6.20 Å². The number of benzene rings is 1. The fourth-order valence-electron chi connectivity index (χ4n) is 1.85. The first-order chi connectivity index (χ1) is 10.1. The molecule has 112 valence electrons. The molecule has 1 aromatic heterocycles. The highest BCUT2D eigenvalue weighted by atomic mass is 15.3. The minimum Gasteiger partial charge on any atom is -0.365 e. The first-order valence-electron chi connectivity index (χ1n) is 7.02. The van der Waals surface area contributed by atoms with Crippen molar-refractivity contribution in [3.63, 3.8) is 0 Å². The molecule has 2 aromatic rings. The molecule has 0 fully saturated rings. The smallest absolute Gasteiger partial charge is 0.244 e. The minimum absolute atomic E-state index is 0.548. The highest BCUT2D eigenvalue weighted by Gasteiger charge is 2.02. The Bertz CT molecular complexity index is 570. The van der Waals surface area contributed by atoms with Gasteiger partial charge in [0, 0.05) is 19.6 Å². The van der Waals surface area contributed by atoms with Gasteiger partial charge in [0.1, 0.15) is 0 Å². The molecule has 21 heavy (non-hydrogen) atoms. The van der Waals surface area contributed by atoms with E-state index in [2.05, 4.69) is 49.8 Å². The van der Waals surface area contributed by atoms with Crippen molar-refractivity contribution in [2.45, 2.75) is 13.5 Å². The Balaban J connectivity index is 1.90. The molecule has 0 unspecified atom stereocenters. The lowest BCUT2D eigenvalue weighted by molar-refractivity contribution is 0.425. The Labute approximate surface area is 125 Å². The summed E-state index contributed by atoms with van der Waals surface area (Å²) in [5, 5.41) is 14.4. The van der Waals surface area contributed by atoms with E-state index >= 15 is 0 Å². The van der Waals surface area contributed by atoms with Gasteiger partial charge in [0.15, 0.2) is 5.82 Å². The standard InChI is InChI=1S/C15H22N6/c1-12-6-4-5-7-13(12)10-17-14-11-18-20-15(19-14)16-8-9-21(2)3/h4-7,11H,8-10H2,1-3H3,(H2,16,17,19,20). The molecule has 0 aliphatic rings. The van der Waals surface area contributed by atoms with E-state index in [9.17, 15) is 0 Å². The van der Waals surface area contributed by atoms with Gasteiger partial charge in [-0.05, 0) is 32.1 Å². The Hall–Kier alpha value is -2.21. The average molecular weight is 286 g/mol. The van der Waals surface area contributed by atoms with E-state index < -0.39 is 0 Å². The van der Waals surface area contributed by atoms with Crippen molar-refractivity contribution in [3.05, 3.63) is 41.6 Å². The van der Waals surface area contributed by atoms with Gasteiger partial charge in [-0.15, -0.1) is 5.10 Å². The zero-order valence-electron chi connectivity index (χ0n) is 12.8. The second kappa shape index (κ2) is 7.54. The number of likely N-dealkylation sites (N-methyl/N-ethyl adjacent to an activating group) is 1. The maximum atomic E-state index is 4.40. The maximum Gasteiger partial charge on any atom is 0.244 e. The van der Waals surface area contributed by atoms with Crippen LogP contribution in [-0.4, -0.2) is 47.3 Å². The predicted molar refractivity (Wildman–Crippen MR) is 85.4 cm³/mol. The van der Waals surface area contributed by atoms with Crippen molar-refractivity contribution in [3.8, 4) is 0 Å². The summed E-state index contributed by atoms with van der Waals surface area (Å²) in [5.41, 5.74) is 2.51. The molecule has 0 spiro atoms. The molecule has 0 saturated heterocycles. The molecule has 1 heterocycles. The van der Waals surface area contributed by atoms with E-state index in [1.165, 1.54) is 11.1 Å². The Morgan fingerprint density at radius 1 is 1.14 bits per heavy atom. The topological polar surface area (TPSA) is 66.0 Å². The molecule has 6 nitrogen and oxygen atoms in total. The number of hydrogen-bond donors (Lipinski definition) is 2. The third kappa shape index (κ3) is 5.00. The van der Waals surface area contributed by atoms with Gasteiger partial charge >= 0.3 is 0 Å². The number of hydrogen-bond acceptors (Lipinski definition) is 6. The van der Waals surface area contributed by atoms with Crippen LogP contribution in [0.4, 0.5) is 11.8 Å². The molecule has 0 atom stereocenters. The van der Waals surface area contributed by atoms with Gasteiger partial charge < -0.3 is 15.5 Å². The van der Waals surface area contributed by atoms with Crippen LogP contribution in [0.15, 0.2) is 30.5 Å². The van der Waals surface area contributed by atoms with Gasteiger partial charge in [-0.25, -0.2) is 0 Å². The Kier molecular flexibility index (Phi) is 5.45. The number of rotatable bonds is 7. The van der Waals surface area contributed by atoms with Crippen molar-refractivity contribution >= 4 is 11.8 Å². The second-order valence-electron chi connectivity index (χ2n) is 5.18. The van der Waals surface area contributed by atoms with Gasteiger partial charge in [0.2, 0.25) is 5.95 Å². The summed E-state index contributed by atoms with van der Waals surface area (Å²) in [6.45, 7) is 4.53. The molecule has 6 heteroatoms. The summed E-state index contributed by atoms with van der Waals surface area (Å²) in [4.78, 5) is 6.50. The van der Waals surface area contributed by atoms with Crippen LogP contribution in [0.25, 0.3) is 0 Å². The largest absolute Gasteiger partial charge is 0.365 e. The van der Waals surface area contributed by atoms with Crippen LogP contribution < -0.4 is 10.6 Å². The molecule has 2 N–H and O–H groups in total. The summed E-state index contributed by atoms with van der Waals surface area (Å²) < 4.78 is 0. The molecule has 1 aromatic carbocycles. The van der Waals surface area contributed by atoms with Crippen LogP contribution in [0.2, 0.25) is 0 Å². The van der Waals surface area contributed by atoms with E-state index in [4.69, 9.17) is 0 Å². The number of anilines is 2. The monoisotopic (exact) mass is 286 g/mol. The van der Waals surface area contributed by atoms with Gasteiger partial charge in [-0.3, -0.25) is 0 Å². The third-order valence-electron chi connectivity index (χ3n) is 3.12. The van der Waals surface area contributed by atoms with E-state index in [-0.39, 0.29) is 0 Å². The van der Waals surface area contributed by atoms with Crippen LogP contribution >= 0.6 is 0 Å². The van der Waals surface area contributed by atoms with Crippen LogP contribution in [0.1, 0.15) is 11.1 Å². The van der Waals surface area contributed by atoms with Crippen LogP contribution in [0.3, 0.4) is 0 Å². The Morgan fingerprint density at radius 3 is 2.71 bits per heavy atom. The number of nitrogens with one attached hydrogen (secondary N) is 2. The number of aromatic nitrogens is 3. The van der Waals surface area contributed by atoms with Crippen molar-refractivity contribution in [1.82, 2.24) is 20.1 Å². The minimum atomic E-state index is 0.548. The van der Waals surface area contributed by atoms with E-state index in [1.807, 2.05) is 26.2 Å². The summed E-state index contributed by atoms with van der Waals surface area (Å²) in [6, 6.07) is 8.28. The molecule has 0 bridgehead atoms. The molecular weight excluding hydrogens is 264 g/mol. The second-order valence-corrected chi connectivity index (χ2v) is 5.18. The highest BCUT2D eigenvalue weighted by molar-refractivity contribution is 5.38. The van der Waals surface area contributed by atoms with Crippen molar-refractivity contribution < 1.29 is 0 Å². The lowest BCUT2D eigenvalue weighted by atomic mass is 10.1. The molecule has 0 saturated carbocycles. The average Bonchev–Trinajstić information content (AvgIpc) is 2.46. The summed E-state index contributed by atoms with van der Waals surface area (Å²) in [5.74, 6) is 1.27. The van der Waals surface area contributed by atoms with Gasteiger partial charge in [0.25, 0.3) is 0 Å². The summed E-state index contributed by atoms with van der Waals surface area (Å²) in [7, 11) is 4.06. The zero-order valence-corrected chi connectivity index (χ0v) is 12.8. The zero-order chi connectivity index (χ0) is 15.1. The number of nitrogens with zero attached hydrogens (tertiary/aromatic N) is 4. The van der Waals surface area contributed by atoms with Crippen LogP contribution in [0.5, 0.6) is 0 Å². The normalized spacial score (nSPS) is 10.7. The van der Waals surface area contributed by atoms with Crippen molar-refractivity contribution in [2.75, 3.05) is 37.8 Å². The fraction of sp³-hybridized carbons (Fsp3) is 0.400. The predicted octanol–water partition coefficient (Wildman–Crippen LogP) is 1.77. The summed E-state index contributed by atoms with van der Waals surface area (Å²) in [6.07, 6.45) is 1.63. The molecule has 0 aliphatic heterocycles. The SMILES string of the molecule is Cc1ccccc1CNc1cnnc(NCCN(C)C)n1. The van der Waals surface area contributed by atoms with E-state index in [0.717, 1.165) is 25.5 Å². The van der Waals surface area contributed by atoms with Crippen LogP contribution in [-0.2, 0) is 6.54 Å². The van der Waals surface area contributed by atoms with E-state index in [1.54, 1.807) is 6.20 Å². The van der Waals surface area contributed by atoms with Crippen molar-refractivity contribution in [1.29, 1.82) is 0 Å². The Morgan fingerprint density at radius 2 is 1.95 bits per heavy atom. The fourth-order valence-corrected chi connectivity index (χ4v) is 1.85. The first-order valence-corrected chi connectivity index (χ1v) is 7.02. The first kappa shape index (κ1) is 15.2. The lowest BCUT2D eigenvalue weighted by Crippen LogP contribution is -2.21. The molecule has 0 radical (unpaired) electrons. The highest BCUT2D eigenvalue weighted by Crippen LogP contribution is 2.10. The van der Waals surface area contributed by atoms with Crippen LogP contribution in [0, 0.1) is 6.92 Å². The molecular formula is C15H22N6. The third-order valence-corrected chi connectivity index (χ3v) is 3.12. The van der Waals surface area contributed by atoms with Gasteiger partial charge in [-0.2, -0.15) is 10.1 Å². The maximum absolute atomic E-state index is 4.40. The molecule has 0 aliphatic carbocycles. The molecule has 0 amide bonds. The lowest BCUT2D eigenvalue weighted by Gasteiger charge is -2.11. The van der Waals surface area contributed by atoms with Crippen molar-refractivity contribution in [2.24, 2.45) is 0 Å². The van der Waals surface area contributed by atoms with Gasteiger partial charge in [-0.1, -0.05) is 24.3 Å².